The van der Waals surface area contributed by atoms with Crippen LogP contribution in [0.15, 0.2) is 0 Å². The maximum absolute atomic E-state index is 11.8. The van der Waals surface area contributed by atoms with Crippen LogP contribution in [0, 0.1) is 11.8 Å². The molecule has 1 fully saturated rings. The van der Waals surface area contributed by atoms with E-state index in [9.17, 15) is 9.59 Å². The number of carboxylic acids is 1. The third kappa shape index (κ3) is 4.64. The predicted molar refractivity (Wildman–Crippen MR) is 67.2 cm³/mol. The lowest BCUT2D eigenvalue weighted by Gasteiger charge is -2.17. The Kier molecular flexibility index (Phi) is 5.59. The van der Waals surface area contributed by atoms with E-state index in [2.05, 4.69) is 5.32 Å². The topological polar surface area (TPSA) is 75.6 Å². The normalized spacial score (nSPS) is 25.1. The highest BCUT2D eigenvalue weighted by Crippen LogP contribution is 2.19. The van der Waals surface area contributed by atoms with Crippen LogP contribution in [0.25, 0.3) is 0 Å². The second-order valence-electron chi connectivity index (χ2n) is 5.42. The van der Waals surface area contributed by atoms with Crippen LogP contribution in [0.2, 0.25) is 0 Å². The van der Waals surface area contributed by atoms with Gasteiger partial charge in [0.1, 0.15) is 6.10 Å². The molecule has 104 valence electrons. The highest BCUT2D eigenvalue weighted by molar-refractivity contribution is 5.81. The van der Waals surface area contributed by atoms with Gasteiger partial charge in [-0.25, -0.2) is 0 Å². The summed E-state index contributed by atoms with van der Waals surface area (Å²) in [6.45, 7) is 6.06. The fourth-order valence-electron chi connectivity index (χ4n) is 2.17. The van der Waals surface area contributed by atoms with Crippen LogP contribution in [0.4, 0.5) is 0 Å². The first kappa shape index (κ1) is 15.0. The van der Waals surface area contributed by atoms with Gasteiger partial charge in [-0.15, -0.1) is 0 Å². The maximum Gasteiger partial charge on any atom is 0.308 e. The highest BCUT2D eigenvalue weighted by atomic mass is 16.5. The lowest BCUT2D eigenvalue weighted by Crippen LogP contribution is -2.39. The van der Waals surface area contributed by atoms with Crippen molar-refractivity contribution in [3.63, 3.8) is 0 Å². The fourth-order valence-corrected chi connectivity index (χ4v) is 2.17. The molecule has 0 saturated carbocycles. The van der Waals surface area contributed by atoms with Gasteiger partial charge in [0.25, 0.3) is 0 Å². The Morgan fingerprint density at radius 3 is 2.50 bits per heavy atom. The molecule has 0 unspecified atom stereocenters. The van der Waals surface area contributed by atoms with E-state index in [4.69, 9.17) is 9.84 Å². The van der Waals surface area contributed by atoms with E-state index in [0.717, 1.165) is 12.8 Å². The van der Waals surface area contributed by atoms with Crippen molar-refractivity contribution in [1.82, 2.24) is 5.32 Å². The third-order valence-electron chi connectivity index (χ3n) is 3.15. The largest absolute Gasteiger partial charge is 0.481 e. The summed E-state index contributed by atoms with van der Waals surface area (Å²) >= 11 is 0. The SMILES string of the molecule is CC(C)C[C@H](CNC(=O)[C@@H]1CC[C@@H](C)O1)C(=O)O. The number of hydrogen-bond donors (Lipinski definition) is 2. The number of aliphatic carboxylic acids is 1. The van der Waals surface area contributed by atoms with Crippen LogP contribution in [-0.2, 0) is 14.3 Å². The predicted octanol–water partition coefficient (Wildman–Crippen LogP) is 1.42. The number of nitrogens with one attached hydrogen (secondary N) is 1. The van der Waals surface area contributed by atoms with Crippen molar-refractivity contribution in [2.24, 2.45) is 11.8 Å². The molecule has 5 nitrogen and oxygen atoms in total. The quantitative estimate of drug-likeness (QED) is 0.754. The summed E-state index contributed by atoms with van der Waals surface area (Å²) < 4.78 is 5.44. The van der Waals surface area contributed by atoms with Gasteiger partial charge in [0, 0.05) is 6.54 Å². The molecule has 0 bridgehead atoms. The van der Waals surface area contributed by atoms with Gasteiger partial charge in [-0.2, -0.15) is 0 Å². The Labute approximate surface area is 108 Å². The number of rotatable bonds is 6. The van der Waals surface area contributed by atoms with Crippen LogP contribution in [0.5, 0.6) is 0 Å². The van der Waals surface area contributed by atoms with E-state index in [-0.39, 0.29) is 18.6 Å². The van der Waals surface area contributed by atoms with Crippen molar-refractivity contribution < 1.29 is 19.4 Å². The molecular weight excluding hydrogens is 234 g/mol. The molecule has 0 spiro atoms. The van der Waals surface area contributed by atoms with Gasteiger partial charge in [-0.05, 0) is 32.1 Å². The summed E-state index contributed by atoms with van der Waals surface area (Å²) in [5.74, 6) is -1.27. The minimum atomic E-state index is -0.857. The van der Waals surface area contributed by atoms with Gasteiger partial charge in [-0.1, -0.05) is 13.8 Å². The number of carbonyl (C=O) groups is 2. The molecule has 0 aromatic heterocycles. The van der Waals surface area contributed by atoms with E-state index in [1.807, 2.05) is 20.8 Å². The van der Waals surface area contributed by atoms with Crippen LogP contribution in [0.1, 0.15) is 40.0 Å². The Morgan fingerprint density at radius 1 is 1.39 bits per heavy atom. The van der Waals surface area contributed by atoms with E-state index in [0.29, 0.717) is 12.3 Å². The minimum absolute atomic E-state index is 0.117. The smallest absolute Gasteiger partial charge is 0.308 e. The van der Waals surface area contributed by atoms with E-state index < -0.39 is 18.0 Å². The molecule has 0 aromatic rings. The molecule has 2 N–H and O–H groups in total. The summed E-state index contributed by atoms with van der Waals surface area (Å²) in [5.41, 5.74) is 0. The van der Waals surface area contributed by atoms with Crippen LogP contribution in [-0.4, -0.2) is 35.7 Å². The molecule has 1 heterocycles. The summed E-state index contributed by atoms with van der Waals surface area (Å²) in [6.07, 6.45) is 1.87. The summed E-state index contributed by atoms with van der Waals surface area (Å²) in [4.78, 5) is 22.8. The summed E-state index contributed by atoms with van der Waals surface area (Å²) in [5, 5.41) is 11.7. The van der Waals surface area contributed by atoms with Crippen molar-refractivity contribution in [3.8, 4) is 0 Å². The van der Waals surface area contributed by atoms with Crippen molar-refractivity contribution in [3.05, 3.63) is 0 Å². The first-order valence-electron chi connectivity index (χ1n) is 6.56. The van der Waals surface area contributed by atoms with Gasteiger partial charge in [0.05, 0.1) is 12.0 Å². The van der Waals surface area contributed by atoms with E-state index >= 15 is 0 Å². The lowest BCUT2D eigenvalue weighted by atomic mass is 9.97. The first-order valence-corrected chi connectivity index (χ1v) is 6.56. The van der Waals surface area contributed by atoms with Crippen LogP contribution < -0.4 is 5.32 Å². The second-order valence-corrected chi connectivity index (χ2v) is 5.42. The molecule has 0 aromatic carbocycles. The first-order chi connectivity index (χ1) is 8.40. The molecule has 1 amide bonds. The monoisotopic (exact) mass is 257 g/mol. The molecule has 3 atom stereocenters. The number of carbonyl (C=O) groups excluding carboxylic acids is 1. The van der Waals surface area contributed by atoms with E-state index in [1.165, 1.54) is 0 Å². The van der Waals surface area contributed by atoms with Crippen molar-refractivity contribution >= 4 is 11.9 Å². The van der Waals surface area contributed by atoms with Gasteiger partial charge >= 0.3 is 5.97 Å². The molecule has 0 aliphatic carbocycles. The zero-order valence-corrected chi connectivity index (χ0v) is 11.3. The molecule has 5 heteroatoms. The number of hydrogen-bond acceptors (Lipinski definition) is 3. The lowest BCUT2D eigenvalue weighted by molar-refractivity contribution is -0.142. The zero-order valence-electron chi connectivity index (χ0n) is 11.3. The molecule has 18 heavy (non-hydrogen) atoms. The highest BCUT2D eigenvalue weighted by Gasteiger charge is 2.29. The maximum atomic E-state index is 11.8. The van der Waals surface area contributed by atoms with Gasteiger partial charge in [0.15, 0.2) is 0 Å². The molecule has 0 radical (unpaired) electrons. The summed E-state index contributed by atoms with van der Waals surface area (Å²) in [7, 11) is 0. The Bertz CT molecular complexity index is 303. The summed E-state index contributed by atoms with van der Waals surface area (Å²) in [6, 6.07) is 0. The van der Waals surface area contributed by atoms with Crippen LogP contribution in [0.3, 0.4) is 0 Å². The standard InChI is InChI=1S/C13H23NO4/c1-8(2)6-10(13(16)17)7-14-12(15)11-5-4-9(3)18-11/h8-11H,4-7H2,1-3H3,(H,14,15)(H,16,17)/t9-,10-,11+/m1/s1. The molecular formula is C13H23NO4. The Morgan fingerprint density at radius 2 is 2.06 bits per heavy atom. The molecule has 1 aliphatic rings. The van der Waals surface area contributed by atoms with Crippen molar-refractivity contribution in [2.45, 2.75) is 52.2 Å². The molecule has 1 aliphatic heterocycles. The van der Waals surface area contributed by atoms with Gasteiger partial charge in [0.2, 0.25) is 5.91 Å². The number of carboxylic acid groups (broad SMARTS) is 1. The Hall–Kier alpha value is -1.10. The average molecular weight is 257 g/mol. The van der Waals surface area contributed by atoms with Gasteiger partial charge in [-0.3, -0.25) is 9.59 Å². The molecule has 1 saturated heterocycles. The number of ether oxygens (including phenoxy) is 1. The van der Waals surface area contributed by atoms with Crippen molar-refractivity contribution in [2.75, 3.05) is 6.54 Å². The van der Waals surface area contributed by atoms with Gasteiger partial charge < -0.3 is 15.2 Å². The third-order valence-corrected chi connectivity index (χ3v) is 3.15. The Balaban J connectivity index is 2.37. The van der Waals surface area contributed by atoms with E-state index in [1.54, 1.807) is 0 Å². The fraction of sp³-hybridized carbons (Fsp3) is 0.846. The second kappa shape index (κ2) is 6.73. The van der Waals surface area contributed by atoms with Crippen molar-refractivity contribution in [1.29, 1.82) is 0 Å². The minimum Gasteiger partial charge on any atom is -0.481 e. The molecule has 1 rings (SSSR count). The van der Waals surface area contributed by atoms with Crippen LogP contribution >= 0.6 is 0 Å². The average Bonchev–Trinajstić information content (AvgIpc) is 2.69. The zero-order chi connectivity index (χ0) is 13.7. The number of amides is 1.